The number of halogens is 1. The third kappa shape index (κ3) is 3.75. The molecule has 0 heterocycles. The van der Waals surface area contributed by atoms with Gasteiger partial charge in [0.15, 0.2) is 0 Å². The molecule has 2 rings (SSSR count). The lowest BCUT2D eigenvalue weighted by atomic mass is 10.2. The highest BCUT2D eigenvalue weighted by Gasteiger charge is 2.06. The number of hydrogen-bond acceptors (Lipinski definition) is 3. The molecule has 0 aromatic heterocycles. The van der Waals surface area contributed by atoms with Gasteiger partial charge >= 0.3 is 0 Å². The van der Waals surface area contributed by atoms with Gasteiger partial charge in [0.25, 0.3) is 0 Å². The second kappa shape index (κ2) is 6.98. The minimum absolute atomic E-state index is 0.568. The fourth-order valence-corrected chi connectivity index (χ4v) is 3.29. The minimum Gasteiger partial charge on any atom is -0.496 e. The number of ether oxygens (including phenoxy) is 1. The maximum Gasteiger partial charge on any atom is 0.122 e. The smallest absolute Gasteiger partial charge is 0.122 e. The van der Waals surface area contributed by atoms with Crippen LogP contribution in [-0.2, 0) is 12.3 Å². The molecule has 2 aromatic carbocycles. The number of hydrogen-bond donors (Lipinski definition) is 1. The molecule has 2 N–H and O–H groups in total. The molecule has 0 saturated carbocycles. The molecule has 2 aromatic rings. The van der Waals surface area contributed by atoms with Crippen LogP contribution in [0.5, 0.6) is 5.75 Å². The molecule has 0 saturated heterocycles. The molecule has 0 aliphatic carbocycles. The normalized spacial score (nSPS) is 10.5. The van der Waals surface area contributed by atoms with E-state index in [1.807, 2.05) is 24.3 Å². The SMILES string of the molecule is COc1ccc(Br)cc1CSc1ccccc1CN. The van der Waals surface area contributed by atoms with Crippen molar-refractivity contribution < 1.29 is 4.74 Å². The molecule has 0 aliphatic heterocycles. The van der Waals surface area contributed by atoms with E-state index < -0.39 is 0 Å². The zero-order valence-electron chi connectivity index (χ0n) is 10.7. The molecule has 4 heteroatoms. The van der Waals surface area contributed by atoms with Crippen molar-refractivity contribution in [1.82, 2.24) is 0 Å². The van der Waals surface area contributed by atoms with Crippen LogP contribution in [0.1, 0.15) is 11.1 Å². The Morgan fingerprint density at radius 2 is 1.95 bits per heavy atom. The maximum atomic E-state index is 5.75. The molecule has 0 radical (unpaired) electrons. The van der Waals surface area contributed by atoms with Crippen LogP contribution < -0.4 is 10.5 Å². The number of nitrogens with two attached hydrogens (primary N) is 1. The molecule has 2 nitrogen and oxygen atoms in total. The summed E-state index contributed by atoms with van der Waals surface area (Å²) >= 11 is 5.28. The number of rotatable bonds is 5. The van der Waals surface area contributed by atoms with Crippen LogP contribution >= 0.6 is 27.7 Å². The van der Waals surface area contributed by atoms with E-state index in [1.165, 1.54) is 16.0 Å². The quantitative estimate of drug-likeness (QED) is 0.830. The van der Waals surface area contributed by atoms with Gasteiger partial charge in [0, 0.05) is 27.2 Å². The molecular formula is C15H16BrNOS. The summed E-state index contributed by atoms with van der Waals surface area (Å²) in [6.45, 7) is 0.568. The van der Waals surface area contributed by atoms with Gasteiger partial charge in [0.1, 0.15) is 5.75 Å². The van der Waals surface area contributed by atoms with E-state index in [0.29, 0.717) is 6.54 Å². The summed E-state index contributed by atoms with van der Waals surface area (Å²) < 4.78 is 6.45. The summed E-state index contributed by atoms with van der Waals surface area (Å²) in [6, 6.07) is 14.3. The first kappa shape index (κ1) is 14.4. The fourth-order valence-electron chi connectivity index (χ4n) is 1.83. The zero-order valence-corrected chi connectivity index (χ0v) is 13.1. The third-order valence-corrected chi connectivity index (χ3v) is 4.48. The number of thioether (sulfide) groups is 1. The van der Waals surface area contributed by atoms with Crippen LogP contribution in [0, 0.1) is 0 Å². The number of methoxy groups -OCH3 is 1. The number of benzene rings is 2. The topological polar surface area (TPSA) is 35.2 Å². The van der Waals surface area contributed by atoms with Gasteiger partial charge in [-0.05, 0) is 29.8 Å². The Morgan fingerprint density at radius 1 is 1.16 bits per heavy atom. The first-order valence-corrected chi connectivity index (χ1v) is 7.75. The summed E-state index contributed by atoms with van der Waals surface area (Å²) in [5, 5.41) is 0. The minimum atomic E-state index is 0.568. The van der Waals surface area contributed by atoms with Crippen molar-refractivity contribution in [3.63, 3.8) is 0 Å². The van der Waals surface area contributed by atoms with Crippen LogP contribution in [0.3, 0.4) is 0 Å². The van der Waals surface area contributed by atoms with E-state index in [9.17, 15) is 0 Å². The average Bonchev–Trinajstić information content (AvgIpc) is 2.45. The summed E-state index contributed by atoms with van der Waals surface area (Å²) in [5.41, 5.74) is 8.11. The molecule has 0 atom stereocenters. The maximum absolute atomic E-state index is 5.75. The Labute approximate surface area is 126 Å². The van der Waals surface area contributed by atoms with Gasteiger partial charge in [-0.15, -0.1) is 11.8 Å². The van der Waals surface area contributed by atoms with Gasteiger partial charge in [-0.25, -0.2) is 0 Å². The highest BCUT2D eigenvalue weighted by molar-refractivity contribution is 9.10. The second-order valence-corrected chi connectivity index (χ2v) is 5.99. The fraction of sp³-hybridized carbons (Fsp3) is 0.200. The van der Waals surface area contributed by atoms with Crippen LogP contribution in [0.15, 0.2) is 51.8 Å². The van der Waals surface area contributed by atoms with Gasteiger partial charge in [-0.2, -0.15) is 0 Å². The Balaban J connectivity index is 2.16. The average molecular weight is 338 g/mol. The summed E-state index contributed by atoms with van der Waals surface area (Å²) in [6.07, 6.45) is 0. The van der Waals surface area contributed by atoms with Gasteiger partial charge in [0.05, 0.1) is 7.11 Å². The van der Waals surface area contributed by atoms with E-state index in [1.54, 1.807) is 18.9 Å². The van der Waals surface area contributed by atoms with E-state index in [4.69, 9.17) is 10.5 Å². The third-order valence-electron chi connectivity index (χ3n) is 2.82. The summed E-state index contributed by atoms with van der Waals surface area (Å²) in [7, 11) is 1.70. The van der Waals surface area contributed by atoms with Crippen molar-refractivity contribution in [3.8, 4) is 5.75 Å². The molecule has 0 fully saturated rings. The highest BCUT2D eigenvalue weighted by atomic mass is 79.9. The summed E-state index contributed by atoms with van der Waals surface area (Å²) in [5.74, 6) is 1.78. The Kier molecular flexibility index (Phi) is 5.31. The van der Waals surface area contributed by atoms with Crippen molar-refractivity contribution in [2.45, 2.75) is 17.2 Å². The first-order chi connectivity index (χ1) is 9.24. The van der Waals surface area contributed by atoms with Crippen molar-refractivity contribution in [2.24, 2.45) is 5.73 Å². The van der Waals surface area contributed by atoms with E-state index in [0.717, 1.165) is 16.0 Å². The van der Waals surface area contributed by atoms with Gasteiger partial charge in [-0.3, -0.25) is 0 Å². The van der Waals surface area contributed by atoms with Crippen molar-refractivity contribution in [1.29, 1.82) is 0 Å². The lowest BCUT2D eigenvalue weighted by Gasteiger charge is -2.10. The summed E-state index contributed by atoms with van der Waals surface area (Å²) in [4.78, 5) is 1.23. The Hall–Kier alpha value is -0.970. The molecule has 0 aliphatic rings. The van der Waals surface area contributed by atoms with Crippen molar-refractivity contribution in [3.05, 3.63) is 58.1 Å². The van der Waals surface area contributed by atoms with E-state index in [-0.39, 0.29) is 0 Å². The predicted molar refractivity (Wildman–Crippen MR) is 84.6 cm³/mol. The molecule has 0 bridgehead atoms. The second-order valence-electron chi connectivity index (χ2n) is 4.06. The molecule has 0 amide bonds. The molecule has 19 heavy (non-hydrogen) atoms. The van der Waals surface area contributed by atoms with Gasteiger partial charge < -0.3 is 10.5 Å². The van der Waals surface area contributed by atoms with Gasteiger partial charge in [-0.1, -0.05) is 34.1 Å². The largest absolute Gasteiger partial charge is 0.496 e. The lowest BCUT2D eigenvalue weighted by Crippen LogP contribution is -1.98. The molecular weight excluding hydrogens is 322 g/mol. The van der Waals surface area contributed by atoms with Crippen LogP contribution in [0.4, 0.5) is 0 Å². The molecule has 0 unspecified atom stereocenters. The first-order valence-electron chi connectivity index (χ1n) is 5.97. The predicted octanol–water partition coefficient (Wildman–Crippen LogP) is 4.21. The Morgan fingerprint density at radius 3 is 2.68 bits per heavy atom. The van der Waals surface area contributed by atoms with Crippen molar-refractivity contribution >= 4 is 27.7 Å². The highest BCUT2D eigenvalue weighted by Crippen LogP contribution is 2.31. The lowest BCUT2D eigenvalue weighted by molar-refractivity contribution is 0.411. The van der Waals surface area contributed by atoms with E-state index >= 15 is 0 Å². The van der Waals surface area contributed by atoms with E-state index in [2.05, 4.69) is 34.1 Å². The van der Waals surface area contributed by atoms with Crippen LogP contribution in [0.2, 0.25) is 0 Å². The monoisotopic (exact) mass is 337 g/mol. The molecule has 100 valence electrons. The van der Waals surface area contributed by atoms with Gasteiger partial charge in [0.2, 0.25) is 0 Å². The Bertz CT molecular complexity index is 560. The van der Waals surface area contributed by atoms with Crippen molar-refractivity contribution in [2.75, 3.05) is 7.11 Å². The van der Waals surface area contributed by atoms with Crippen LogP contribution in [0.25, 0.3) is 0 Å². The zero-order chi connectivity index (χ0) is 13.7. The molecule has 0 spiro atoms. The van der Waals surface area contributed by atoms with Crippen LogP contribution in [-0.4, -0.2) is 7.11 Å². The standard InChI is InChI=1S/C15H16BrNOS/c1-18-14-7-6-13(16)8-12(14)10-19-15-5-3-2-4-11(15)9-17/h2-8H,9-10,17H2,1H3.